The van der Waals surface area contributed by atoms with Crippen molar-refractivity contribution in [3.63, 3.8) is 0 Å². The van der Waals surface area contributed by atoms with Crippen LogP contribution < -0.4 is 0 Å². The Balaban J connectivity index is 1.11. The molecule has 0 spiro atoms. The van der Waals surface area contributed by atoms with E-state index in [-0.39, 0.29) is 0 Å². The molecule has 11 aromatic carbocycles. The zero-order valence-corrected chi connectivity index (χ0v) is 30.9. The van der Waals surface area contributed by atoms with E-state index in [4.69, 9.17) is 6.57 Å². The molecule has 1 heterocycles. The minimum Gasteiger partial charge on any atom is -0.309 e. The topological polar surface area (TPSA) is 9.29 Å². The lowest BCUT2D eigenvalue weighted by atomic mass is 9.90. The minimum absolute atomic E-state index is 0.659. The van der Waals surface area contributed by atoms with Gasteiger partial charge >= 0.3 is 0 Å². The van der Waals surface area contributed by atoms with Gasteiger partial charge in [-0.05, 0) is 124 Å². The van der Waals surface area contributed by atoms with Crippen molar-refractivity contribution in [1.29, 1.82) is 0 Å². The summed E-state index contributed by atoms with van der Waals surface area (Å²) in [5.74, 6) is 0. The van der Waals surface area contributed by atoms with Gasteiger partial charge in [-0.1, -0.05) is 152 Å². The van der Waals surface area contributed by atoms with Gasteiger partial charge in [-0.25, -0.2) is 4.85 Å². The van der Waals surface area contributed by atoms with Crippen molar-refractivity contribution in [2.45, 2.75) is 0 Å². The summed E-state index contributed by atoms with van der Waals surface area (Å²) < 4.78 is 2.50. The molecular formula is C55H32N2. The minimum atomic E-state index is 0.659. The van der Waals surface area contributed by atoms with E-state index in [0.717, 1.165) is 16.8 Å². The van der Waals surface area contributed by atoms with Crippen LogP contribution >= 0.6 is 0 Å². The summed E-state index contributed by atoms with van der Waals surface area (Å²) >= 11 is 0. The van der Waals surface area contributed by atoms with Crippen molar-refractivity contribution >= 4 is 92.1 Å². The van der Waals surface area contributed by atoms with Crippen LogP contribution in [0.2, 0.25) is 0 Å². The van der Waals surface area contributed by atoms with E-state index in [1.807, 2.05) is 24.3 Å². The van der Waals surface area contributed by atoms with Gasteiger partial charge in [0, 0.05) is 21.8 Å². The molecule has 0 amide bonds. The highest BCUT2D eigenvalue weighted by Crippen LogP contribution is 2.46. The molecule has 12 rings (SSSR count). The molecule has 1 aromatic heterocycles. The molecule has 12 aromatic rings. The normalized spacial score (nSPS) is 11.8. The monoisotopic (exact) mass is 720 g/mol. The molecule has 0 radical (unpaired) electrons. The van der Waals surface area contributed by atoms with E-state index in [0.29, 0.717) is 5.69 Å². The Labute approximate surface area is 328 Å². The van der Waals surface area contributed by atoms with Gasteiger partial charge in [0.2, 0.25) is 0 Å². The molecule has 2 nitrogen and oxygen atoms in total. The number of rotatable bonds is 3. The molecule has 0 N–H and O–H groups in total. The molecule has 0 saturated heterocycles. The number of hydrogen-bond acceptors (Lipinski definition) is 0. The van der Waals surface area contributed by atoms with Gasteiger partial charge < -0.3 is 4.57 Å². The summed E-state index contributed by atoms with van der Waals surface area (Å²) in [5, 5.41) is 17.6. The quantitative estimate of drug-likeness (QED) is 0.127. The summed E-state index contributed by atoms with van der Waals surface area (Å²) in [6, 6.07) is 70.8. The van der Waals surface area contributed by atoms with Crippen LogP contribution in [0.25, 0.3) is 119 Å². The maximum Gasteiger partial charge on any atom is 0.187 e. The molecule has 0 saturated carbocycles. The second-order valence-corrected chi connectivity index (χ2v) is 15.1. The Morgan fingerprint density at radius 1 is 0.333 bits per heavy atom. The standard InChI is InChI=1S/C55H32N2/c1-56-40-26-23-34(24-27-40)35-19-20-37-30-38(22-21-36(37)29-35)39-25-28-46-49(31-39)44-15-5-6-16-45(44)50-32-52-53(33-51(46)50)57(41-11-3-2-4-12-41)55-48-18-10-8-14-43(48)42-13-7-9-17-47(42)54(52)55/h2-33H. The average molecular weight is 721 g/mol. The molecule has 262 valence electrons. The van der Waals surface area contributed by atoms with E-state index in [9.17, 15) is 0 Å². The fourth-order valence-corrected chi connectivity index (χ4v) is 9.48. The van der Waals surface area contributed by atoms with E-state index < -0.39 is 0 Å². The number of hydrogen-bond donors (Lipinski definition) is 0. The highest BCUT2D eigenvalue weighted by molar-refractivity contribution is 6.35. The number of benzene rings is 11. The van der Waals surface area contributed by atoms with Crippen LogP contribution in [0.1, 0.15) is 0 Å². The Bertz CT molecular complexity index is 3680. The van der Waals surface area contributed by atoms with Gasteiger partial charge in [0.1, 0.15) is 0 Å². The summed E-state index contributed by atoms with van der Waals surface area (Å²) in [6.45, 7) is 7.29. The summed E-state index contributed by atoms with van der Waals surface area (Å²) in [5.41, 5.74) is 8.94. The molecule has 0 bridgehead atoms. The second kappa shape index (κ2) is 12.1. The van der Waals surface area contributed by atoms with Crippen LogP contribution in [0.5, 0.6) is 0 Å². The van der Waals surface area contributed by atoms with Crippen LogP contribution in [0.4, 0.5) is 5.69 Å². The summed E-state index contributed by atoms with van der Waals surface area (Å²) in [7, 11) is 0. The van der Waals surface area contributed by atoms with Crippen LogP contribution in [-0.4, -0.2) is 4.57 Å². The third-order valence-electron chi connectivity index (χ3n) is 12.1. The first-order valence-electron chi connectivity index (χ1n) is 19.5. The Morgan fingerprint density at radius 3 is 1.47 bits per heavy atom. The molecule has 2 heteroatoms. The SMILES string of the molecule is [C-]#[N+]c1ccc(-c2ccc3cc(-c4ccc5c(c4)c4ccccc4c4cc6c7c8ccccc8c8ccccc8c7n(-c7ccccc7)c6cc54)ccc3c2)cc1. The van der Waals surface area contributed by atoms with Crippen molar-refractivity contribution in [3.05, 3.63) is 206 Å². The molecule has 0 aliphatic carbocycles. The number of fused-ring (bicyclic) bond motifs is 15. The fraction of sp³-hybridized carbons (Fsp3) is 0. The Kier molecular flexibility index (Phi) is 6.73. The first-order valence-corrected chi connectivity index (χ1v) is 19.5. The lowest BCUT2D eigenvalue weighted by Crippen LogP contribution is -1.94. The van der Waals surface area contributed by atoms with Crippen molar-refractivity contribution < 1.29 is 0 Å². The first-order chi connectivity index (χ1) is 28.2. The van der Waals surface area contributed by atoms with Crippen molar-refractivity contribution in [1.82, 2.24) is 4.57 Å². The van der Waals surface area contributed by atoms with Gasteiger partial charge in [-0.2, -0.15) is 0 Å². The van der Waals surface area contributed by atoms with E-state index in [1.54, 1.807) is 0 Å². The highest BCUT2D eigenvalue weighted by atomic mass is 15.0. The summed E-state index contributed by atoms with van der Waals surface area (Å²) in [6.07, 6.45) is 0. The molecule has 0 aliphatic heterocycles. The fourth-order valence-electron chi connectivity index (χ4n) is 9.48. The van der Waals surface area contributed by atoms with Gasteiger partial charge in [-0.3, -0.25) is 0 Å². The molecule has 0 unspecified atom stereocenters. The zero-order chi connectivity index (χ0) is 37.6. The van der Waals surface area contributed by atoms with Gasteiger partial charge in [0.05, 0.1) is 17.6 Å². The van der Waals surface area contributed by atoms with Crippen LogP contribution in [0.3, 0.4) is 0 Å². The molecular weight excluding hydrogens is 689 g/mol. The van der Waals surface area contributed by atoms with Gasteiger partial charge in [-0.15, -0.1) is 0 Å². The third-order valence-corrected chi connectivity index (χ3v) is 12.1. The predicted octanol–water partition coefficient (Wildman–Crippen LogP) is 15.6. The van der Waals surface area contributed by atoms with E-state index in [2.05, 4.69) is 179 Å². The average Bonchev–Trinajstić information content (AvgIpc) is 3.63. The largest absolute Gasteiger partial charge is 0.309 e. The second-order valence-electron chi connectivity index (χ2n) is 15.1. The van der Waals surface area contributed by atoms with Gasteiger partial charge in [0.25, 0.3) is 0 Å². The third kappa shape index (κ3) is 4.70. The maximum absolute atomic E-state index is 7.29. The molecule has 0 atom stereocenters. The summed E-state index contributed by atoms with van der Waals surface area (Å²) in [4.78, 5) is 3.55. The van der Waals surface area contributed by atoms with Crippen molar-refractivity contribution in [2.75, 3.05) is 0 Å². The predicted molar refractivity (Wildman–Crippen MR) is 243 cm³/mol. The van der Waals surface area contributed by atoms with Crippen LogP contribution in [0.15, 0.2) is 194 Å². The maximum atomic E-state index is 7.29. The lowest BCUT2D eigenvalue weighted by molar-refractivity contribution is 1.19. The van der Waals surface area contributed by atoms with Crippen molar-refractivity contribution in [3.8, 4) is 27.9 Å². The van der Waals surface area contributed by atoms with Crippen LogP contribution in [0, 0.1) is 6.57 Å². The number of nitrogens with zero attached hydrogens (tertiary/aromatic N) is 2. The highest BCUT2D eigenvalue weighted by Gasteiger charge is 2.21. The number of para-hydroxylation sites is 1. The first kappa shape index (κ1) is 31.6. The lowest BCUT2D eigenvalue weighted by Gasteiger charge is -2.14. The van der Waals surface area contributed by atoms with Gasteiger partial charge in [0.15, 0.2) is 5.69 Å². The Morgan fingerprint density at radius 2 is 0.807 bits per heavy atom. The number of aromatic nitrogens is 1. The van der Waals surface area contributed by atoms with E-state index >= 15 is 0 Å². The molecule has 57 heavy (non-hydrogen) atoms. The smallest absolute Gasteiger partial charge is 0.187 e. The van der Waals surface area contributed by atoms with Crippen LogP contribution in [-0.2, 0) is 0 Å². The molecule has 0 fully saturated rings. The zero-order valence-electron chi connectivity index (χ0n) is 30.9. The Hall–Kier alpha value is -7.73. The van der Waals surface area contributed by atoms with Crippen molar-refractivity contribution in [2.24, 2.45) is 0 Å². The molecule has 0 aliphatic rings. The van der Waals surface area contributed by atoms with E-state index in [1.165, 1.54) is 97.6 Å².